The van der Waals surface area contributed by atoms with Gasteiger partial charge in [0.15, 0.2) is 23.2 Å². The molecule has 0 bridgehead atoms. The van der Waals surface area contributed by atoms with Gasteiger partial charge in [0.25, 0.3) is 5.91 Å². The van der Waals surface area contributed by atoms with Crippen molar-refractivity contribution >= 4 is 33.3 Å². The molecule has 9 heteroatoms. The quantitative estimate of drug-likeness (QED) is 0.387. The topological polar surface area (TPSA) is 99.9 Å². The van der Waals surface area contributed by atoms with Gasteiger partial charge in [0.2, 0.25) is 11.2 Å². The van der Waals surface area contributed by atoms with Gasteiger partial charge in [0, 0.05) is 17.1 Å². The lowest BCUT2D eigenvalue weighted by atomic mass is 10.2. The fraction of sp³-hybridized carbons (Fsp3) is 0.208. The number of ether oxygens (including phenoxy) is 3. The lowest BCUT2D eigenvalue weighted by Crippen LogP contribution is -2.20. The van der Waals surface area contributed by atoms with E-state index in [4.69, 9.17) is 18.6 Å². The normalized spacial score (nSPS) is 10.8. The van der Waals surface area contributed by atoms with Crippen molar-refractivity contribution < 1.29 is 23.4 Å². The van der Waals surface area contributed by atoms with Crippen molar-refractivity contribution in [1.29, 1.82) is 0 Å². The molecule has 0 spiro atoms. The molecule has 0 saturated heterocycles. The van der Waals surface area contributed by atoms with Crippen LogP contribution in [0.2, 0.25) is 0 Å². The third kappa shape index (κ3) is 5.15. The number of hydrogen-bond donors (Lipinski definition) is 1. The second-order valence-corrected chi connectivity index (χ2v) is 8.30. The molecule has 0 unspecified atom stereocenters. The lowest BCUT2D eigenvalue weighted by molar-refractivity contribution is -0.118. The maximum absolute atomic E-state index is 13.1. The van der Waals surface area contributed by atoms with Gasteiger partial charge >= 0.3 is 0 Å². The molecule has 2 aromatic carbocycles. The highest BCUT2D eigenvalue weighted by Crippen LogP contribution is 2.33. The van der Waals surface area contributed by atoms with Gasteiger partial charge in [-0.05, 0) is 45.0 Å². The Morgan fingerprint density at radius 3 is 2.64 bits per heavy atom. The van der Waals surface area contributed by atoms with Gasteiger partial charge in [-0.25, -0.2) is 4.98 Å². The van der Waals surface area contributed by atoms with Gasteiger partial charge in [-0.1, -0.05) is 12.1 Å². The Morgan fingerprint density at radius 1 is 1.12 bits per heavy atom. The minimum atomic E-state index is -0.334. The SMILES string of the molecule is CCOc1ccccc1Oc1c(C)oc2cc(OCC(=O)Nc3ncc(C)s3)ccc2c1=O. The summed E-state index contributed by atoms with van der Waals surface area (Å²) < 4.78 is 22.8. The first kappa shape index (κ1) is 22.3. The summed E-state index contributed by atoms with van der Waals surface area (Å²) in [6, 6.07) is 11.9. The second kappa shape index (κ2) is 9.74. The molecule has 0 atom stereocenters. The third-order valence-electron chi connectivity index (χ3n) is 4.59. The van der Waals surface area contributed by atoms with E-state index in [1.165, 1.54) is 11.3 Å². The van der Waals surface area contributed by atoms with Crippen LogP contribution < -0.4 is 25.0 Å². The van der Waals surface area contributed by atoms with Crippen molar-refractivity contribution in [2.24, 2.45) is 0 Å². The summed E-state index contributed by atoms with van der Waals surface area (Å²) in [6.07, 6.45) is 1.68. The molecule has 33 heavy (non-hydrogen) atoms. The van der Waals surface area contributed by atoms with Crippen LogP contribution in [-0.4, -0.2) is 24.1 Å². The number of benzene rings is 2. The van der Waals surface area contributed by atoms with Crippen LogP contribution in [0.15, 0.2) is 57.9 Å². The van der Waals surface area contributed by atoms with Crippen LogP contribution in [0.5, 0.6) is 23.0 Å². The van der Waals surface area contributed by atoms with Gasteiger partial charge < -0.3 is 18.6 Å². The van der Waals surface area contributed by atoms with Crippen molar-refractivity contribution in [2.45, 2.75) is 20.8 Å². The predicted octanol–water partition coefficient (Wildman–Crippen LogP) is 5.07. The zero-order valence-electron chi connectivity index (χ0n) is 18.3. The number of thiazole rings is 1. The van der Waals surface area contributed by atoms with Crippen molar-refractivity contribution in [3.8, 4) is 23.0 Å². The molecular weight excluding hydrogens is 444 g/mol. The number of fused-ring (bicyclic) bond motifs is 1. The summed E-state index contributed by atoms with van der Waals surface area (Å²) in [5, 5.41) is 3.52. The number of amides is 1. The summed E-state index contributed by atoms with van der Waals surface area (Å²) >= 11 is 1.38. The zero-order chi connectivity index (χ0) is 23.4. The van der Waals surface area contributed by atoms with E-state index >= 15 is 0 Å². The average molecular weight is 467 g/mol. The van der Waals surface area contributed by atoms with E-state index in [0.29, 0.717) is 45.7 Å². The number of rotatable bonds is 8. The van der Waals surface area contributed by atoms with E-state index in [9.17, 15) is 9.59 Å². The number of hydrogen-bond acceptors (Lipinski definition) is 8. The molecule has 2 heterocycles. The second-order valence-electron chi connectivity index (χ2n) is 7.07. The first-order valence-electron chi connectivity index (χ1n) is 10.3. The highest BCUT2D eigenvalue weighted by atomic mass is 32.1. The highest BCUT2D eigenvalue weighted by Gasteiger charge is 2.17. The summed E-state index contributed by atoms with van der Waals surface area (Å²) in [5.41, 5.74) is 0.0138. The summed E-state index contributed by atoms with van der Waals surface area (Å²) in [4.78, 5) is 30.2. The van der Waals surface area contributed by atoms with E-state index < -0.39 is 0 Å². The Bertz CT molecular complexity index is 1360. The van der Waals surface area contributed by atoms with E-state index in [1.807, 2.05) is 19.9 Å². The molecule has 0 aliphatic rings. The van der Waals surface area contributed by atoms with Crippen LogP contribution in [0, 0.1) is 13.8 Å². The van der Waals surface area contributed by atoms with Crippen LogP contribution in [-0.2, 0) is 4.79 Å². The molecule has 8 nitrogen and oxygen atoms in total. The third-order valence-corrected chi connectivity index (χ3v) is 5.41. The van der Waals surface area contributed by atoms with Gasteiger partial charge in [0.05, 0.1) is 12.0 Å². The number of aromatic nitrogens is 1. The van der Waals surface area contributed by atoms with E-state index in [1.54, 1.807) is 49.5 Å². The zero-order valence-corrected chi connectivity index (χ0v) is 19.2. The fourth-order valence-electron chi connectivity index (χ4n) is 3.11. The van der Waals surface area contributed by atoms with Crippen LogP contribution in [0.3, 0.4) is 0 Å². The Kier molecular flexibility index (Phi) is 6.60. The lowest BCUT2D eigenvalue weighted by Gasteiger charge is -2.13. The minimum Gasteiger partial charge on any atom is -0.490 e. The predicted molar refractivity (Wildman–Crippen MR) is 126 cm³/mol. The Morgan fingerprint density at radius 2 is 1.91 bits per heavy atom. The summed E-state index contributed by atoms with van der Waals surface area (Å²) in [5.74, 6) is 1.42. The van der Waals surface area contributed by atoms with Gasteiger partial charge in [-0.3, -0.25) is 14.9 Å². The van der Waals surface area contributed by atoms with Crippen LogP contribution >= 0.6 is 11.3 Å². The average Bonchev–Trinajstić information content (AvgIpc) is 3.20. The van der Waals surface area contributed by atoms with Gasteiger partial charge in [0.1, 0.15) is 17.1 Å². The molecule has 0 aliphatic carbocycles. The molecule has 4 rings (SSSR count). The Labute approximate surface area is 193 Å². The number of para-hydroxylation sites is 2. The molecule has 1 amide bonds. The van der Waals surface area contributed by atoms with Gasteiger partial charge in [-0.15, -0.1) is 11.3 Å². The van der Waals surface area contributed by atoms with Crippen LogP contribution in [0.1, 0.15) is 17.6 Å². The molecule has 0 fully saturated rings. The van der Waals surface area contributed by atoms with E-state index in [2.05, 4.69) is 10.3 Å². The largest absolute Gasteiger partial charge is 0.490 e. The number of carbonyl (C=O) groups is 1. The number of nitrogens with one attached hydrogen (secondary N) is 1. The number of nitrogens with zero attached hydrogens (tertiary/aromatic N) is 1. The number of aryl methyl sites for hydroxylation is 2. The maximum atomic E-state index is 13.1. The first-order valence-corrected chi connectivity index (χ1v) is 11.1. The first-order chi connectivity index (χ1) is 15.9. The monoisotopic (exact) mass is 466 g/mol. The Balaban J connectivity index is 1.52. The van der Waals surface area contributed by atoms with E-state index in [0.717, 1.165) is 4.88 Å². The molecule has 170 valence electrons. The molecule has 0 radical (unpaired) electrons. The summed E-state index contributed by atoms with van der Waals surface area (Å²) in [7, 11) is 0. The van der Waals surface area contributed by atoms with Crippen molar-refractivity contribution in [3.63, 3.8) is 0 Å². The van der Waals surface area contributed by atoms with Crippen molar-refractivity contribution in [2.75, 3.05) is 18.5 Å². The molecule has 4 aromatic rings. The standard InChI is InChI=1S/C24H22N2O6S/c1-4-29-18-7-5-6-8-19(18)32-23-15(3)31-20-11-16(9-10-17(20)22(23)28)30-13-21(27)26-24-25-12-14(2)33-24/h5-12H,4,13H2,1-3H3,(H,25,26,27). The number of anilines is 1. The van der Waals surface area contributed by atoms with Crippen molar-refractivity contribution in [3.05, 3.63) is 69.5 Å². The molecule has 1 N–H and O–H groups in total. The fourth-order valence-corrected chi connectivity index (χ4v) is 3.79. The smallest absolute Gasteiger partial charge is 0.264 e. The minimum absolute atomic E-state index is 0.0847. The highest BCUT2D eigenvalue weighted by molar-refractivity contribution is 7.15. The molecular formula is C24H22N2O6S. The molecule has 0 aliphatic heterocycles. The van der Waals surface area contributed by atoms with E-state index in [-0.39, 0.29) is 23.7 Å². The molecule has 2 aromatic heterocycles. The maximum Gasteiger partial charge on any atom is 0.264 e. The van der Waals surface area contributed by atoms with Crippen molar-refractivity contribution in [1.82, 2.24) is 4.98 Å². The molecule has 0 saturated carbocycles. The Hall–Kier alpha value is -3.85. The van der Waals surface area contributed by atoms with Crippen LogP contribution in [0.4, 0.5) is 5.13 Å². The van der Waals surface area contributed by atoms with Gasteiger partial charge in [-0.2, -0.15) is 0 Å². The number of carbonyl (C=O) groups excluding carboxylic acids is 1. The summed E-state index contributed by atoms with van der Waals surface area (Å²) in [6.45, 7) is 5.69. The van der Waals surface area contributed by atoms with Crippen LogP contribution in [0.25, 0.3) is 11.0 Å².